The first kappa shape index (κ1) is 6.83. The molecule has 0 bridgehead atoms. The fourth-order valence-corrected chi connectivity index (χ4v) is 0.300. The van der Waals surface area contributed by atoms with Gasteiger partial charge in [-0.3, -0.25) is 0 Å². The first-order valence-corrected chi connectivity index (χ1v) is 4.94. The molecule has 0 aliphatic carbocycles. The zero-order valence-corrected chi connectivity index (χ0v) is 5.61. The average Bonchev–Trinajstić information content (AvgIpc) is 1.30. The van der Waals surface area contributed by atoms with Gasteiger partial charge in [-0.25, -0.2) is 4.62 Å². The lowest BCUT2D eigenvalue weighted by Gasteiger charge is -2.00. The molecule has 0 spiro atoms. The van der Waals surface area contributed by atoms with Crippen LogP contribution in [0.5, 0.6) is 0 Å². The van der Waals surface area contributed by atoms with Gasteiger partial charge < -0.3 is 0 Å². The Morgan fingerprint density at radius 3 is 1.86 bits per heavy atom. The SMILES string of the molecule is C[P+](C)(C)ON=O. The summed E-state index contributed by atoms with van der Waals surface area (Å²) in [5.74, 6) is 0. The highest BCUT2D eigenvalue weighted by molar-refractivity contribution is 7.68. The molecule has 0 aliphatic rings. The molecular formula is C3H9NO2P+. The summed E-state index contributed by atoms with van der Waals surface area (Å²) in [6.07, 6.45) is 0. The van der Waals surface area contributed by atoms with Crippen LogP contribution in [-0.4, -0.2) is 20.0 Å². The van der Waals surface area contributed by atoms with Crippen LogP contribution >= 0.6 is 7.49 Å². The molecule has 0 aromatic heterocycles. The fourth-order valence-electron chi connectivity index (χ4n) is 0.100. The number of hydrogen-bond acceptors (Lipinski definition) is 3. The summed E-state index contributed by atoms with van der Waals surface area (Å²) >= 11 is 0. The normalized spacial score (nSPS) is 10.7. The van der Waals surface area contributed by atoms with Crippen molar-refractivity contribution in [1.29, 1.82) is 0 Å². The third kappa shape index (κ3) is 5.83. The highest BCUT2D eigenvalue weighted by Gasteiger charge is 2.19. The van der Waals surface area contributed by atoms with Crippen molar-refractivity contribution in [3.63, 3.8) is 0 Å². The minimum absolute atomic E-state index is 1.39. The lowest BCUT2D eigenvalue weighted by molar-refractivity contribution is 0.368. The van der Waals surface area contributed by atoms with E-state index in [1.165, 1.54) is 0 Å². The molecule has 0 saturated carbocycles. The molecule has 0 radical (unpaired) electrons. The van der Waals surface area contributed by atoms with E-state index in [-0.39, 0.29) is 0 Å². The van der Waals surface area contributed by atoms with Crippen molar-refractivity contribution >= 4 is 7.49 Å². The molecule has 0 unspecified atom stereocenters. The molecule has 3 nitrogen and oxygen atoms in total. The van der Waals surface area contributed by atoms with Gasteiger partial charge in [-0.2, -0.15) is 0 Å². The summed E-state index contributed by atoms with van der Waals surface area (Å²) in [6, 6.07) is 0. The second kappa shape index (κ2) is 2.22. The van der Waals surface area contributed by atoms with E-state index in [4.69, 9.17) is 0 Å². The van der Waals surface area contributed by atoms with Gasteiger partial charge in [0.15, 0.2) is 5.34 Å². The minimum Gasteiger partial charge on any atom is -0.208 e. The molecule has 0 aliphatic heterocycles. The monoisotopic (exact) mass is 122 g/mol. The van der Waals surface area contributed by atoms with Crippen molar-refractivity contribution in [3.8, 4) is 0 Å². The predicted octanol–water partition coefficient (Wildman–Crippen LogP) is 1.51. The van der Waals surface area contributed by atoms with Crippen LogP contribution in [-0.2, 0) is 4.62 Å². The first-order chi connectivity index (χ1) is 3.06. The van der Waals surface area contributed by atoms with Crippen LogP contribution in [0.25, 0.3) is 0 Å². The number of nitrogens with zero attached hydrogens (tertiary/aromatic N) is 1. The highest BCUT2D eigenvalue weighted by Crippen LogP contribution is 2.47. The molecule has 0 atom stereocenters. The Bertz CT molecular complexity index is 67.8. The van der Waals surface area contributed by atoms with E-state index in [1.807, 2.05) is 20.0 Å². The molecule has 0 fully saturated rings. The minimum atomic E-state index is -1.39. The van der Waals surface area contributed by atoms with E-state index in [2.05, 4.69) is 9.96 Å². The molecule has 0 saturated heterocycles. The molecule has 0 heterocycles. The first-order valence-electron chi connectivity index (χ1n) is 1.89. The van der Waals surface area contributed by atoms with Crippen molar-refractivity contribution in [1.82, 2.24) is 0 Å². The third-order valence-corrected chi connectivity index (χ3v) is 0.835. The van der Waals surface area contributed by atoms with Crippen LogP contribution in [0.4, 0.5) is 0 Å². The second-order valence-electron chi connectivity index (χ2n) is 2.05. The van der Waals surface area contributed by atoms with Crippen LogP contribution in [0, 0.1) is 4.91 Å². The summed E-state index contributed by atoms with van der Waals surface area (Å²) in [5.41, 5.74) is 0. The van der Waals surface area contributed by atoms with Gasteiger partial charge in [-0.1, -0.05) is 0 Å². The van der Waals surface area contributed by atoms with Crippen molar-refractivity contribution < 1.29 is 4.62 Å². The molecule has 0 rings (SSSR count). The van der Waals surface area contributed by atoms with E-state index in [1.54, 1.807) is 0 Å². The Morgan fingerprint density at radius 2 is 1.86 bits per heavy atom. The average molecular weight is 122 g/mol. The third-order valence-electron chi connectivity index (χ3n) is 0.278. The van der Waals surface area contributed by atoms with Crippen LogP contribution in [0.15, 0.2) is 5.34 Å². The van der Waals surface area contributed by atoms with Crippen LogP contribution < -0.4 is 0 Å². The topological polar surface area (TPSA) is 38.7 Å². The van der Waals surface area contributed by atoms with Gasteiger partial charge in [0.25, 0.3) is 0 Å². The van der Waals surface area contributed by atoms with Gasteiger partial charge in [0.05, 0.1) is 20.0 Å². The maximum Gasteiger partial charge on any atom is 0.219 e. The van der Waals surface area contributed by atoms with E-state index in [0.717, 1.165) is 0 Å². The van der Waals surface area contributed by atoms with Gasteiger partial charge in [-0.15, -0.1) is 4.91 Å². The second-order valence-corrected chi connectivity index (χ2v) is 5.99. The summed E-state index contributed by atoms with van der Waals surface area (Å²) in [6.45, 7) is 5.61. The Hall–Kier alpha value is -0.170. The van der Waals surface area contributed by atoms with Crippen molar-refractivity contribution in [2.24, 2.45) is 5.34 Å². The molecule has 0 aromatic rings. The van der Waals surface area contributed by atoms with E-state index < -0.39 is 7.49 Å². The smallest absolute Gasteiger partial charge is 0.208 e. The van der Waals surface area contributed by atoms with Gasteiger partial charge >= 0.3 is 0 Å². The number of rotatable bonds is 2. The van der Waals surface area contributed by atoms with E-state index in [9.17, 15) is 4.91 Å². The van der Waals surface area contributed by atoms with Crippen LogP contribution in [0.1, 0.15) is 0 Å². The molecular weight excluding hydrogens is 113 g/mol. The maximum atomic E-state index is 9.38. The van der Waals surface area contributed by atoms with Gasteiger partial charge in [0.2, 0.25) is 7.49 Å². The van der Waals surface area contributed by atoms with Crippen LogP contribution in [0.3, 0.4) is 0 Å². The lowest BCUT2D eigenvalue weighted by atomic mass is 11.9. The molecule has 0 amide bonds. The molecule has 0 aromatic carbocycles. The van der Waals surface area contributed by atoms with E-state index in [0.29, 0.717) is 0 Å². The molecule has 4 heteroatoms. The van der Waals surface area contributed by atoms with Crippen molar-refractivity contribution in [3.05, 3.63) is 4.91 Å². The largest absolute Gasteiger partial charge is 0.219 e. The summed E-state index contributed by atoms with van der Waals surface area (Å²) in [4.78, 5) is 9.38. The Balaban J connectivity index is 3.34. The van der Waals surface area contributed by atoms with Crippen molar-refractivity contribution in [2.45, 2.75) is 0 Å². The summed E-state index contributed by atoms with van der Waals surface area (Å²) in [7, 11) is -1.39. The van der Waals surface area contributed by atoms with E-state index >= 15 is 0 Å². The Labute approximate surface area is 43.4 Å². The zero-order chi connectivity index (χ0) is 5.91. The van der Waals surface area contributed by atoms with Gasteiger partial charge in [0, 0.05) is 0 Å². The van der Waals surface area contributed by atoms with Gasteiger partial charge in [-0.05, 0) is 0 Å². The standard InChI is InChI=1S/C3H9NO2P/c1-7(2,3)6-4-5/h1-3H3/q+1. The molecule has 0 N–H and O–H groups in total. The zero-order valence-electron chi connectivity index (χ0n) is 4.71. The maximum absolute atomic E-state index is 9.38. The fraction of sp³-hybridized carbons (Fsp3) is 1.00. The predicted molar refractivity (Wildman–Crippen MR) is 31.6 cm³/mol. The quantitative estimate of drug-likeness (QED) is 0.316. The lowest BCUT2D eigenvalue weighted by Crippen LogP contribution is -1.83. The molecule has 42 valence electrons. The summed E-state index contributed by atoms with van der Waals surface area (Å²) < 4.78 is 4.41. The van der Waals surface area contributed by atoms with Crippen molar-refractivity contribution in [2.75, 3.05) is 20.0 Å². The Kier molecular flexibility index (Phi) is 2.16. The Morgan fingerprint density at radius 1 is 1.43 bits per heavy atom. The van der Waals surface area contributed by atoms with Crippen LogP contribution in [0.2, 0.25) is 0 Å². The van der Waals surface area contributed by atoms with Gasteiger partial charge in [0.1, 0.15) is 0 Å². The highest BCUT2D eigenvalue weighted by atomic mass is 31.2. The molecule has 7 heavy (non-hydrogen) atoms. The number of hydrogen-bond donors (Lipinski definition) is 0. The summed E-state index contributed by atoms with van der Waals surface area (Å²) in [5, 5.41) is 2.31.